The first kappa shape index (κ1) is 35.0. The van der Waals surface area contributed by atoms with E-state index in [1.165, 1.54) is 17.5 Å². The lowest BCUT2D eigenvalue weighted by molar-refractivity contribution is -0.114. The summed E-state index contributed by atoms with van der Waals surface area (Å²) in [5, 5.41) is 9.84. The number of rotatable bonds is 11. The highest BCUT2D eigenvalue weighted by Crippen LogP contribution is 2.29. The van der Waals surface area contributed by atoms with Gasteiger partial charge in [-0.1, -0.05) is 48.9 Å². The number of aromatic nitrogens is 3. The Morgan fingerprint density at radius 1 is 1.17 bits per heavy atom. The van der Waals surface area contributed by atoms with E-state index < -0.39 is 23.8 Å². The van der Waals surface area contributed by atoms with Gasteiger partial charge in [-0.2, -0.15) is 0 Å². The summed E-state index contributed by atoms with van der Waals surface area (Å²) in [6.07, 6.45) is 1.85. The van der Waals surface area contributed by atoms with Crippen LogP contribution in [0.1, 0.15) is 55.7 Å². The molecule has 1 aromatic carbocycles. The predicted octanol–water partition coefficient (Wildman–Crippen LogP) is 4.59. The molecule has 2 aromatic heterocycles. The predicted molar refractivity (Wildman–Crippen MR) is 181 cm³/mol. The maximum Gasteiger partial charge on any atom is 0.407 e. The van der Waals surface area contributed by atoms with Crippen LogP contribution in [-0.2, 0) is 16.1 Å². The van der Waals surface area contributed by atoms with Crippen LogP contribution in [-0.4, -0.2) is 82.0 Å². The molecule has 3 heterocycles. The average molecular weight is 672 g/mol. The molecule has 46 heavy (non-hydrogen) atoms. The first-order valence-electron chi connectivity index (χ1n) is 15.1. The molecule has 1 saturated heterocycles. The highest BCUT2D eigenvalue weighted by Gasteiger charge is 2.34. The van der Waals surface area contributed by atoms with Gasteiger partial charge >= 0.3 is 6.09 Å². The summed E-state index contributed by atoms with van der Waals surface area (Å²) >= 11 is 7.47. The molecule has 3 aromatic rings. The molecule has 1 aliphatic heterocycles. The second-order valence-corrected chi connectivity index (χ2v) is 13.7. The van der Waals surface area contributed by atoms with Gasteiger partial charge < -0.3 is 36.1 Å². The first-order chi connectivity index (χ1) is 21.8. The number of hydrogen-bond acceptors (Lipinski definition) is 12. The van der Waals surface area contributed by atoms with E-state index in [1.54, 1.807) is 32.9 Å². The van der Waals surface area contributed by atoms with Crippen LogP contribution < -0.4 is 26.6 Å². The molecule has 0 spiro atoms. The minimum Gasteiger partial charge on any atom is -0.444 e. The summed E-state index contributed by atoms with van der Waals surface area (Å²) in [5.74, 6) is 1.50. The van der Waals surface area contributed by atoms with E-state index in [2.05, 4.69) is 40.7 Å². The van der Waals surface area contributed by atoms with Crippen molar-refractivity contribution in [1.29, 1.82) is 0 Å². The number of benzene rings is 1. The smallest absolute Gasteiger partial charge is 0.407 e. The van der Waals surface area contributed by atoms with Crippen LogP contribution >= 0.6 is 22.9 Å². The second-order valence-electron chi connectivity index (χ2n) is 12.3. The fourth-order valence-corrected chi connectivity index (χ4v) is 6.08. The number of para-hydroxylation sites is 1. The van der Waals surface area contributed by atoms with Crippen molar-refractivity contribution >= 4 is 63.7 Å². The quantitative estimate of drug-likeness (QED) is 0.211. The number of halogens is 1. The Labute approximate surface area is 278 Å². The summed E-state index contributed by atoms with van der Waals surface area (Å²) in [4.78, 5) is 55.9. The highest BCUT2D eigenvalue weighted by molar-refractivity contribution is 7.17. The summed E-state index contributed by atoms with van der Waals surface area (Å²) in [6, 6.07) is 6.20. The lowest BCUT2D eigenvalue weighted by Gasteiger charge is -2.41. The lowest BCUT2D eigenvalue weighted by Crippen LogP contribution is -2.60. The number of carbonyl (C=O) groups excluding carboxylic acids is 3. The van der Waals surface area contributed by atoms with E-state index in [0.717, 1.165) is 17.7 Å². The van der Waals surface area contributed by atoms with Crippen LogP contribution in [0.3, 0.4) is 0 Å². The number of piperazine rings is 1. The third-order valence-corrected chi connectivity index (χ3v) is 8.54. The monoisotopic (exact) mass is 671 g/mol. The Kier molecular flexibility index (Phi) is 11.5. The molecule has 2 amide bonds. The number of nitrogens with zero attached hydrogens (tertiary/aromatic N) is 5. The standard InChI is InChI=1S/C31H42ClN9O4S/c1-18(2)26(39-30(44)45-31(4,5)6)22(17-42)40-10-12-41(13-11-40)25-14-24(35-19(3)36-25)37-29-34-16-23(46-29)28(43)38-27-20(15-33)8-7-9-21(27)32/h7-9,14,16-18,22,26H,10-13,15,33H2,1-6H3,(H,38,43)(H,39,44)(H,34,35,36,37). The molecule has 2 unspecified atom stereocenters. The van der Waals surface area contributed by atoms with Gasteiger partial charge in [0.1, 0.15) is 34.2 Å². The minimum atomic E-state index is -0.639. The molecule has 0 bridgehead atoms. The van der Waals surface area contributed by atoms with Gasteiger partial charge in [-0.05, 0) is 45.2 Å². The fourth-order valence-electron chi connectivity index (χ4n) is 5.12. The van der Waals surface area contributed by atoms with Crippen LogP contribution in [0.4, 0.5) is 27.2 Å². The molecule has 5 N–H and O–H groups in total. The Morgan fingerprint density at radius 2 is 1.89 bits per heavy atom. The SMILES string of the molecule is Cc1nc(Nc2ncc(C(=O)Nc3c(Cl)cccc3CN)s2)cc(N2CCN(C(C=O)C(NC(=O)OC(C)(C)C)C(C)C)CC2)n1. The van der Waals surface area contributed by atoms with E-state index >= 15 is 0 Å². The number of thiazole rings is 1. The van der Waals surface area contributed by atoms with Crippen LogP contribution in [0.5, 0.6) is 0 Å². The number of anilines is 4. The number of aldehydes is 1. The number of nitrogens with two attached hydrogens (primary N) is 1. The Balaban J connectivity index is 1.40. The summed E-state index contributed by atoms with van der Waals surface area (Å²) in [6.45, 7) is 13.8. The van der Waals surface area contributed by atoms with Crippen molar-refractivity contribution in [3.05, 3.63) is 51.7 Å². The van der Waals surface area contributed by atoms with Gasteiger partial charge in [-0.3, -0.25) is 9.69 Å². The van der Waals surface area contributed by atoms with E-state index in [4.69, 9.17) is 22.1 Å². The van der Waals surface area contributed by atoms with Gasteiger partial charge in [0.2, 0.25) is 0 Å². The molecule has 15 heteroatoms. The topological polar surface area (TPSA) is 168 Å². The van der Waals surface area contributed by atoms with Gasteiger partial charge in [-0.25, -0.2) is 19.7 Å². The van der Waals surface area contributed by atoms with Crippen LogP contribution in [0.25, 0.3) is 0 Å². The number of hydrogen-bond donors (Lipinski definition) is 4. The van der Waals surface area contributed by atoms with E-state index in [-0.39, 0.29) is 18.4 Å². The van der Waals surface area contributed by atoms with Crippen molar-refractivity contribution in [2.75, 3.05) is 41.7 Å². The number of amides is 2. The summed E-state index contributed by atoms with van der Waals surface area (Å²) in [7, 11) is 0. The zero-order chi connectivity index (χ0) is 33.6. The Bertz CT molecular complexity index is 1540. The average Bonchev–Trinajstić information content (AvgIpc) is 3.45. The summed E-state index contributed by atoms with van der Waals surface area (Å²) in [5.41, 5.74) is 6.38. The van der Waals surface area contributed by atoms with Gasteiger partial charge in [0.05, 0.1) is 29.0 Å². The number of ether oxygens (including phenoxy) is 1. The molecule has 4 rings (SSSR count). The molecule has 0 radical (unpaired) electrons. The largest absolute Gasteiger partial charge is 0.444 e. The molecule has 0 saturated carbocycles. The molecule has 1 aliphatic rings. The Hall–Kier alpha value is -3.85. The number of alkyl carbamates (subject to hydrolysis) is 1. The van der Waals surface area contributed by atoms with Crippen molar-refractivity contribution < 1.29 is 19.1 Å². The van der Waals surface area contributed by atoms with Gasteiger partial charge in [-0.15, -0.1) is 0 Å². The van der Waals surface area contributed by atoms with Gasteiger partial charge in [0.15, 0.2) is 5.13 Å². The van der Waals surface area contributed by atoms with Crippen LogP contribution in [0.15, 0.2) is 30.5 Å². The summed E-state index contributed by atoms with van der Waals surface area (Å²) < 4.78 is 5.44. The van der Waals surface area contributed by atoms with Crippen LogP contribution in [0.2, 0.25) is 5.02 Å². The van der Waals surface area contributed by atoms with E-state index in [9.17, 15) is 14.4 Å². The molecular formula is C31H42ClN9O4S. The number of nitrogens with one attached hydrogen (secondary N) is 3. The minimum absolute atomic E-state index is 0.0101. The number of carbonyl (C=O) groups is 3. The second kappa shape index (κ2) is 15.2. The zero-order valence-corrected chi connectivity index (χ0v) is 28.5. The third kappa shape index (κ3) is 9.12. The van der Waals surface area contributed by atoms with Gasteiger partial charge in [0, 0.05) is 38.8 Å². The Morgan fingerprint density at radius 3 is 2.52 bits per heavy atom. The fraction of sp³-hybridized carbons (Fsp3) is 0.484. The van der Waals surface area contributed by atoms with Gasteiger partial charge in [0.25, 0.3) is 5.91 Å². The maximum absolute atomic E-state index is 12.9. The van der Waals surface area contributed by atoms with Crippen molar-refractivity contribution in [2.45, 2.75) is 65.8 Å². The lowest BCUT2D eigenvalue weighted by atomic mass is 9.95. The molecule has 2 atom stereocenters. The normalized spacial score (nSPS) is 15.3. The van der Waals surface area contributed by atoms with Crippen molar-refractivity contribution in [3.8, 4) is 0 Å². The zero-order valence-electron chi connectivity index (χ0n) is 27.0. The number of aryl methyl sites for hydroxylation is 1. The first-order valence-corrected chi connectivity index (χ1v) is 16.3. The molecular weight excluding hydrogens is 630 g/mol. The maximum atomic E-state index is 12.9. The third-order valence-electron chi connectivity index (χ3n) is 7.32. The molecule has 248 valence electrons. The highest BCUT2D eigenvalue weighted by atomic mass is 35.5. The van der Waals surface area contributed by atoms with E-state index in [1.807, 2.05) is 32.9 Å². The van der Waals surface area contributed by atoms with Crippen molar-refractivity contribution in [2.24, 2.45) is 11.7 Å². The van der Waals surface area contributed by atoms with Crippen molar-refractivity contribution in [3.63, 3.8) is 0 Å². The van der Waals surface area contributed by atoms with Crippen LogP contribution in [0, 0.1) is 12.8 Å². The molecule has 1 fully saturated rings. The molecule has 0 aliphatic carbocycles. The molecule has 13 nitrogen and oxygen atoms in total. The van der Waals surface area contributed by atoms with E-state index in [0.29, 0.717) is 58.5 Å². The van der Waals surface area contributed by atoms with Crippen molar-refractivity contribution in [1.82, 2.24) is 25.2 Å².